The Morgan fingerprint density at radius 1 is 1.06 bits per heavy atom. The van der Waals surface area contributed by atoms with Crippen LogP contribution in [0.1, 0.15) is 28.4 Å². The van der Waals surface area contributed by atoms with E-state index in [1.807, 2.05) is 68.4 Å². The van der Waals surface area contributed by atoms with Crippen molar-refractivity contribution in [1.29, 1.82) is 0 Å². The fourth-order valence-electron chi connectivity index (χ4n) is 3.24. The zero-order chi connectivity index (χ0) is 21.6. The molecule has 0 aliphatic rings. The molecule has 2 aromatic heterocycles. The number of rotatable bonds is 6. The van der Waals surface area contributed by atoms with E-state index in [1.165, 1.54) is 0 Å². The van der Waals surface area contributed by atoms with Crippen molar-refractivity contribution in [2.75, 3.05) is 6.61 Å². The fourth-order valence-corrected chi connectivity index (χ4v) is 3.24. The number of aryl methyl sites for hydroxylation is 1. The van der Waals surface area contributed by atoms with Gasteiger partial charge in [-0.2, -0.15) is 5.10 Å². The van der Waals surface area contributed by atoms with Crippen LogP contribution in [-0.2, 0) is 0 Å². The minimum atomic E-state index is -0.296. The Kier molecular flexibility index (Phi) is 5.98. The van der Waals surface area contributed by atoms with Crippen LogP contribution in [-0.4, -0.2) is 28.7 Å². The summed E-state index contributed by atoms with van der Waals surface area (Å²) in [5.74, 6) is 0.501. The summed E-state index contributed by atoms with van der Waals surface area (Å²) in [4.78, 5) is 21.7. The lowest BCUT2D eigenvalue weighted by Gasteiger charge is -2.10. The average Bonchev–Trinajstić information content (AvgIpc) is 2.80. The van der Waals surface area contributed by atoms with Crippen LogP contribution in [0.4, 0.5) is 0 Å². The van der Waals surface area contributed by atoms with Crippen molar-refractivity contribution in [3.63, 3.8) is 0 Å². The standard InChI is InChI=1S/C25H22N4O2/c1-3-31-20-7-5-19(6-8-20)24-15-22(21-14-17(2)4-9-23(21)28-24)25(30)29-27-16-18-10-12-26-13-11-18/h4-16H,3H2,1-2H3,(H,29,30). The first-order chi connectivity index (χ1) is 15.1. The maximum Gasteiger partial charge on any atom is 0.272 e. The molecule has 0 bridgehead atoms. The highest BCUT2D eigenvalue weighted by Crippen LogP contribution is 2.27. The van der Waals surface area contributed by atoms with Crippen molar-refractivity contribution in [3.8, 4) is 17.0 Å². The Hall–Kier alpha value is -4.06. The average molecular weight is 410 g/mol. The molecular weight excluding hydrogens is 388 g/mol. The summed E-state index contributed by atoms with van der Waals surface area (Å²) < 4.78 is 5.52. The molecule has 0 spiro atoms. The molecule has 0 aliphatic heterocycles. The molecule has 0 saturated heterocycles. The summed E-state index contributed by atoms with van der Waals surface area (Å²) in [5.41, 5.74) is 7.41. The summed E-state index contributed by atoms with van der Waals surface area (Å²) in [5, 5.41) is 4.88. The van der Waals surface area contributed by atoms with Crippen molar-refractivity contribution in [2.45, 2.75) is 13.8 Å². The minimum Gasteiger partial charge on any atom is -0.494 e. The molecule has 2 aromatic carbocycles. The first kappa shape index (κ1) is 20.2. The quantitative estimate of drug-likeness (QED) is 0.367. The number of hydrogen-bond acceptors (Lipinski definition) is 5. The molecule has 6 heteroatoms. The lowest BCUT2D eigenvalue weighted by molar-refractivity contribution is 0.0956. The maximum absolute atomic E-state index is 13.0. The van der Waals surface area contributed by atoms with E-state index in [2.05, 4.69) is 15.5 Å². The molecule has 6 nitrogen and oxygen atoms in total. The number of fused-ring (bicyclic) bond motifs is 1. The number of pyridine rings is 2. The molecule has 0 fully saturated rings. The number of nitrogens with zero attached hydrogens (tertiary/aromatic N) is 3. The van der Waals surface area contributed by atoms with Crippen molar-refractivity contribution in [3.05, 3.63) is 89.7 Å². The first-order valence-corrected chi connectivity index (χ1v) is 10.0. The predicted molar refractivity (Wildman–Crippen MR) is 122 cm³/mol. The summed E-state index contributed by atoms with van der Waals surface area (Å²) in [6.45, 7) is 4.54. The number of carbonyl (C=O) groups excluding carboxylic acids is 1. The van der Waals surface area contributed by atoms with Crippen LogP contribution in [0.25, 0.3) is 22.2 Å². The molecule has 154 valence electrons. The number of carbonyl (C=O) groups is 1. The lowest BCUT2D eigenvalue weighted by atomic mass is 10.0. The van der Waals surface area contributed by atoms with Gasteiger partial charge >= 0.3 is 0 Å². The molecule has 4 aromatic rings. The third kappa shape index (κ3) is 4.75. The lowest BCUT2D eigenvalue weighted by Crippen LogP contribution is -2.18. The van der Waals surface area contributed by atoms with Gasteiger partial charge in [0.2, 0.25) is 0 Å². The van der Waals surface area contributed by atoms with Gasteiger partial charge in [0.1, 0.15) is 5.75 Å². The smallest absolute Gasteiger partial charge is 0.272 e. The first-order valence-electron chi connectivity index (χ1n) is 10.0. The maximum atomic E-state index is 13.0. The van der Waals surface area contributed by atoms with E-state index in [1.54, 1.807) is 24.7 Å². The topological polar surface area (TPSA) is 76.5 Å². The van der Waals surface area contributed by atoms with E-state index in [-0.39, 0.29) is 5.91 Å². The SMILES string of the molecule is CCOc1ccc(-c2cc(C(=O)NN=Cc3ccncc3)c3cc(C)ccc3n2)cc1. The number of hydrogen-bond donors (Lipinski definition) is 1. The predicted octanol–water partition coefficient (Wildman–Crippen LogP) is 4.77. The Morgan fingerprint density at radius 3 is 2.58 bits per heavy atom. The van der Waals surface area contributed by atoms with Crippen molar-refractivity contribution < 1.29 is 9.53 Å². The van der Waals surface area contributed by atoms with Crippen LogP contribution in [0.3, 0.4) is 0 Å². The van der Waals surface area contributed by atoms with E-state index in [9.17, 15) is 4.79 Å². The van der Waals surface area contributed by atoms with Crippen molar-refractivity contribution in [1.82, 2.24) is 15.4 Å². The number of hydrazone groups is 1. The number of amides is 1. The van der Waals surface area contributed by atoms with Crippen LogP contribution in [0.15, 0.2) is 78.2 Å². The second kappa shape index (κ2) is 9.17. The highest BCUT2D eigenvalue weighted by Gasteiger charge is 2.14. The van der Waals surface area contributed by atoms with E-state index < -0.39 is 0 Å². The second-order valence-electron chi connectivity index (χ2n) is 7.01. The zero-order valence-corrected chi connectivity index (χ0v) is 17.4. The summed E-state index contributed by atoms with van der Waals surface area (Å²) in [6.07, 6.45) is 4.93. The molecule has 0 atom stereocenters. The fraction of sp³-hybridized carbons (Fsp3) is 0.120. The highest BCUT2D eigenvalue weighted by atomic mass is 16.5. The van der Waals surface area contributed by atoms with Crippen molar-refractivity contribution >= 4 is 23.0 Å². The van der Waals surface area contributed by atoms with Crippen molar-refractivity contribution in [2.24, 2.45) is 5.10 Å². The van der Waals surface area contributed by atoms with E-state index in [0.29, 0.717) is 17.9 Å². The zero-order valence-electron chi connectivity index (χ0n) is 17.4. The molecule has 0 aliphatic carbocycles. The van der Waals surface area contributed by atoms with E-state index in [4.69, 9.17) is 9.72 Å². The second-order valence-corrected chi connectivity index (χ2v) is 7.01. The largest absolute Gasteiger partial charge is 0.494 e. The monoisotopic (exact) mass is 410 g/mol. The van der Waals surface area contributed by atoms with Gasteiger partial charge in [-0.3, -0.25) is 9.78 Å². The number of ether oxygens (including phenoxy) is 1. The van der Waals surface area contributed by atoms with Gasteiger partial charge in [0.05, 0.1) is 29.6 Å². The molecule has 4 rings (SSSR count). The molecule has 31 heavy (non-hydrogen) atoms. The van der Waals surface area contributed by atoms with Gasteiger partial charge in [-0.15, -0.1) is 0 Å². The Bertz CT molecular complexity index is 1240. The van der Waals surface area contributed by atoms with Gasteiger partial charge < -0.3 is 4.74 Å². The molecule has 1 amide bonds. The summed E-state index contributed by atoms with van der Waals surface area (Å²) in [6, 6.07) is 19.0. The summed E-state index contributed by atoms with van der Waals surface area (Å²) >= 11 is 0. The molecule has 0 radical (unpaired) electrons. The Labute approximate surface area is 180 Å². The van der Waals surface area contributed by atoms with Crippen LogP contribution < -0.4 is 10.2 Å². The van der Waals surface area contributed by atoms with Gasteiger partial charge in [0.15, 0.2) is 0 Å². The van der Waals surface area contributed by atoms with Gasteiger partial charge in [0, 0.05) is 23.3 Å². The van der Waals surface area contributed by atoms with Gasteiger partial charge in [-0.05, 0) is 74.0 Å². The van der Waals surface area contributed by atoms with Gasteiger partial charge in [0.25, 0.3) is 5.91 Å². The summed E-state index contributed by atoms with van der Waals surface area (Å²) in [7, 11) is 0. The minimum absolute atomic E-state index is 0.296. The highest BCUT2D eigenvalue weighted by molar-refractivity contribution is 6.07. The molecular formula is C25H22N4O2. The van der Waals surface area contributed by atoms with Gasteiger partial charge in [-0.1, -0.05) is 11.6 Å². The molecule has 2 heterocycles. The van der Waals surface area contributed by atoms with E-state index in [0.717, 1.165) is 33.3 Å². The van der Waals surface area contributed by atoms with Crippen LogP contribution in [0.2, 0.25) is 0 Å². The molecule has 0 unspecified atom stereocenters. The third-order valence-corrected chi connectivity index (χ3v) is 4.76. The van der Waals surface area contributed by atoms with Crippen LogP contribution in [0.5, 0.6) is 5.75 Å². The van der Waals surface area contributed by atoms with Gasteiger partial charge in [-0.25, -0.2) is 10.4 Å². The molecule has 1 N–H and O–H groups in total. The number of benzene rings is 2. The number of nitrogens with one attached hydrogen (secondary N) is 1. The molecule has 0 saturated carbocycles. The third-order valence-electron chi connectivity index (χ3n) is 4.76. The van der Waals surface area contributed by atoms with Crippen LogP contribution >= 0.6 is 0 Å². The normalized spacial score (nSPS) is 11.0. The Morgan fingerprint density at radius 2 is 1.84 bits per heavy atom. The van der Waals surface area contributed by atoms with E-state index >= 15 is 0 Å². The van der Waals surface area contributed by atoms with Crippen LogP contribution in [0, 0.1) is 6.92 Å². The number of aromatic nitrogens is 2. The Balaban J connectivity index is 1.69.